The smallest absolute Gasteiger partial charge is 0.410 e. The summed E-state index contributed by atoms with van der Waals surface area (Å²) in [5.74, 6) is 0.338. The molecule has 0 aromatic heterocycles. The van der Waals surface area contributed by atoms with Gasteiger partial charge in [-0.2, -0.15) is 0 Å². The quantitative estimate of drug-likeness (QED) is 0.665. The molecule has 0 radical (unpaired) electrons. The van der Waals surface area contributed by atoms with Crippen molar-refractivity contribution in [3.8, 4) is 5.75 Å². The Balaban J connectivity index is 1.35. The molecular weight excluding hydrogens is 408 g/mol. The van der Waals surface area contributed by atoms with E-state index in [1.165, 1.54) is 4.90 Å². The Morgan fingerprint density at radius 1 is 0.812 bits per heavy atom. The zero-order valence-corrected chi connectivity index (χ0v) is 18.0. The van der Waals surface area contributed by atoms with E-state index in [0.717, 1.165) is 18.4 Å². The maximum absolute atomic E-state index is 13.3. The zero-order valence-electron chi connectivity index (χ0n) is 18.0. The second kappa shape index (κ2) is 10.3. The van der Waals surface area contributed by atoms with Gasteiger partial charge in [-0.1, -0.05) is 48.5 Å². The number of para-hydroxylation sites is 1. The van der Waals surface area contributed by atoms with E-state index in [-0.39, 0.29) is 24.9 Å². The van der Waals surface area contributed by atoms with Gasteiger partial charge < -0.3 is 14.4 Å². The van der Waals surface area contributed by atoms with E-state index >= 15 is 0 Å². The van der Waals surface area contributed by atoms with Crippen LogP contribution < -0.4 is 4.74 Å². The molecular formula is C25H28N2O5. The number of hydrogen-bond donors (Lipinski definition) is 0. The molecule has 2 fully saturated rings. The summed E-state index contributed by atoms with van der Waals surface area (Å²) >= 11 is 0. The first-order valence-corrected chi connectivity index (χ1v) is 11.1. The van der Waals surface area contributed by atoms with Crippen molar-refractivity contribution < 1.29 is 23.9 Å². The summed E-state index contributed by atoms with van der Waals surface area (Å²) in [6, 6.07) is 17.5. The van der Waals surface area contributed by atoms with Crippen molar-refractivity contribution in [3.05, 3.63) is 66.2 Å². The summed E-state index contributed by atoms with van der Waals surface area (Å²) in [6.45, 7) is 1.09. The maximum Gasteiger partial charge on any atom is 0.410 e. The fraction of sp³-hybridized carbons (Fsp3) is 0.400. The second-order valence-corrected chi connectivity index (χ2v) is 8.15. The lowest BCUT2D eigenvalue weighted by Crippen LogP contribution is -2.51. The number of carbonyl (C=O) groups is 3. The SMILES string of the molecule is O=C(COc1ccccc1)[C@@H]1CCCN1C(=O)[C@H]1CCCN1C(=O)OCc1ccccc1. The summed E-state index contributed by atoms with van der Waals surface area (Å²) in [5.41, 5.74) is 0.895. The van der Waals surface area contributed by atoms with Crippen LogP contribution in [0.15, 0.2) is 60.7 Å². The van der Waals surface area contributed by atoms with Crippen molar-refractivity contribution in [2.75, 3.05) is 19.7 Å². The van der Waals surface area contributed by atoms with Crippen molar-refractivity contribution in [3.63, 3.8) is 0 Å². The number of hydrogen-bond acceptors (Lipinski definition) is 5. The van der Waals surface area contributed by atoms with Gasteiger partial charge in [0.05, 0.1) is 6.04 Å². The molecule has 0 saturated carbocycles. The van der Waals surface area contributed by atoms with Crippen LogP contribution in [0.25, 0.3) is 0 Å². The molecule has 2 heterocycles. The molecule has 0 aliphatic carbocycles. The van der Waals surface area contributed by atoms with E-state index < -0.39 is 18.2 Å². The van der Waals surface area contributed by atoms with E-state index in [0.29, 0.717) is 31.7 Å². The summed E-state index contributed by atoms with van der Waals surface area (Å²) in [4.78, 5) is 41.9. The van der Waals surface area contributed by atoms with E-state index in [9.17, 15) is 14.4 Å². The average molecular weight is 437 g/mol. The van der Waals surface area contributed by atoms with Gasteiger partial charge in [0.1, 0.15) is 25.0 Å². The monoisotopic (exact) mass is 436 g/mol. The van der Waals surface area contributed by atoms with Crippen LogP contribution in [-0.2, 0) is 20.9 Å². The summed E-state index contributed by atoms with van der Waals surface area (Å²) in [7, 11) is 0. The van der Waals surface area contributed by atoms with Crippen molar-refractivity contribution >= 4 is 17.8 Å². The Morgan fingerprint density at radius 3 is 2.16 bits per heavy atom. The number of rotatable bonds is 7. The maximum atomic E-state index is 13.3. The predicted molar refractivity (Wildman–Crippen MR) is 118 cm³/mol. The van der Waals surface area contributed by atoms with Crippen LogP contribution in [0.1, 0.15) is 31.2 Å². The number of ether oxygens (including phenoxy) is 2. The molecule has 2 aliphatic heterocycles. The summed E-state index contributed by atoms with van der Waals surface area (Å²) in [5, 5.41) is 0. The zero-order chi connectivity index (χ0) is 22.3. The lowest BCUT2D eigenvalue weighted by Gasteiger charge is -2.30. The Labute approximate surface area is 187 Å². The second-order valence-electron chi connectivity index (χ2n) is 8.15. The summed E-state index contributed by atoms with van der Waals surface area (Å²) in [6.07, 6.45) is 2.21. The van der Waals surface area contributed by atoms with Gasteiger partial charge in [-0.05, 0) is 43.4 Å². The third-order valence-electron chi connectivity index (χ3n) is 6.01. The molecule has 7 nitrogen and oxygen atoms in total. The molecule has 0 bridgehead atoms. The highest BCUT2D eigenvalue weighted by atomic mass is 16.6. The Bertz CT molecular complexity index is 858. The Hall–Kier alpha value is -3.35. The van der Waals surface area contributed by atoms with Crippen molar-refractivity contribution in [1.29, 1.82) is 0 Å². The molecule has 2 aromatic rings. The molecule has 4 rings (SSSR count). The van der Waals surface area contributed by atoms with Gasteiger partial charge in [-0.3, -0.25) is 14.5 Å². The van der Waals surface area contributed by atoms with Gasteiger partial charge in [-0.15, -0.1) is 0 Å². The first kappa shape index (κ1) is 21.9. The molecule has 0 spiro atoms. The number of amides is 2. The van der Waals surface area contributed by atoms with Crippen LogP contribution in [0.5, 0.6) is 5.75 Å². The number of nitrogens with zero attached hydrogens (tertiary/aromatic N) is 2. The number of Topliss-reactive ketones (excluding diaryl/α,β-unsaturated/α-hetero) is 1. The molecule has 7 heteroatoms. The lowest BCUT2D eigenvalue weighted by molar-refractivity contribution is -0.141. The molecule has 2 atom stereocenters. The highest BCUT2D eigenvalue weighted by Crippen LogP contribution is 2.26. The third kappa shape index (κ3) is 5.10. The van der Waals surface area contributed by atoms with Crippen molar-refractivity contribution in [2.45, 2.75) is 44.4 Å². The molecule has 0 unspecified atom stereocenters. The van der Waals surface area contributed by atoms with Gasteiger partial charge >= 0.3 is 6.09 Å². The predicted octanol–water partition coefficient (Wildman–Crippen LogP) is 3.43. The normalized spacial score (nSPS) is 20.2. The number of benzene rings is 2. The minimum absolute atomic E-state index is 0.0774. The lowest BCUT2D eigenvalue weighted by atomic mass is 10.1. The number of carbonyl (C=O) groups excluding carboxylic acids is 3. The molecule has 2 aliphatic rings. The number of likely N-dealkylation sites (tertiary alicyclic amines) is 2. The summed E-state index contributed by atoms with van der Waals surface area (Å²) < 4.78 is 11.0. The Kier molecular flexibility index (Phi) is 7.04. The van der Waals surface area contributed by atoms with E-state index in [1.54, 1.807) is 17.0 Å². The van der Waals surface area contributed by atoms with Crippen LogP contribution in [-0.4, -0.2) is 59.4 Å². The fourth-order valence-electron chi connectivity index (χ4n) is 4.37. The van der Waals surface area contributed by atoms with Crippen molar-refractivity contribution in [2.24, 2.45) is 0 Å². The minimum Gasteiger partial charge on any atom is -0.486 e. The molecule has 168 valence electrons. The molecule has 2 saturated heterocycles. The first-order valence-electron chi connectivity index (χ1n) is 11.1. The Morgan fingerprint density at radius 2 is 1.44 bits per heavy atom. The van der Waals surface area contributed by atoms with Gasteiger partial charge in [0.15, 0.2) is 5.78 Å². The minimum atomic E-state index is -0.582. The van der Waals surface area contributed by atoms with Crippen LogP contribution in [0.2, 0.25) is 0 Å². The van der Waals surface area contributed by atoms with Crippen molar-refractivity contribution in [1.82, 2.24) is 9.80 Å². The highest BCUT2D eigenvalue weighted by Gasteiger charge is 2.42. The van der Waals surface area contributed by atoms with Gasteiger partial charge in [0.2, 0.25) is 5.91 Å². The van der Waals surface area contributed by atoms with Gasteiger partial charge in [0.25, 0.3) is 0 Å². The van der Waals surface area contributed by atoms with Gasteiger partial charge in [-0.25, -0.2) is 4.79 Å². The molecule has 32 heavy (non-hydrogen) atoms. The molecule has 2 amide bonds. The van der Waals surface area contributed by atoms with E-state index in [2.05, 4.69) is 0 Å². The topological polar surface area (TPSA) is 76.2 Å². The standard InChI is InChI=1S/C25H28N2O5/c28-23(18-31-20-11-5-2-6-12-20)21-13-7-15-26(21)24(29)22-14-8-16-27(22)25(30)32-17-19-9-3-1-4-10-19/h1-6,9-12,21-22H,7-8,13-18H2/t21-,22+/m0/s1. The third-order valence-corrected chi connectivity index (χ3v) is 6.01. The van der Waals surface area contributed by atoms with Gasteiger partial charge in [0, 0.05) is 13.1 Å². The average Bonchev–Trinajstić information content (AvgIpc) is 3.52. The van der Waals surface area contributed by atoms with E-state index in [4.69, 9.17) is 9.47 Å². The van der Waals surface area contributed by atoms with Crippen LogP contribution in [0, 0.1) is 0 Å². The van der Waals surface area contributed by atoms with Crippen LogP contribution >= 0.6 is 0 Å². The first-order chi connectivity index (χ1) is 15.6. The largest absolute Gasteiger partial charge is 0.486 e. The molecule has 0 N–H and O–H groups in total. The molecule has 2 aromatic carbocycles. The van der Waals surface area contributed by atoms with E-state index in [1.807, 2.05) is 48.5 Å². The fourth-order valence-corrected chi connectivity index (χ4v) is 4.37. The number of ketones is 1. The highest BCUT2D eigenvalue weighted by molar-refractivity contribution is 5.93. The van der Waals surface area contributed by atoms with Crippen LogP contribution in [0.3, 0.4) is 0 Å². The van der Waals surface area contributed by atoms with Crippen LogP contribution in [0.4, 0.5) is 4.79 Å².